The number of hydrogen-bond acceptors (Lipinski definition) is 4. The molecule has 0 amide bonds. The van der Waals surface area contributed by atoms with Crippen molar-refractivity contribution < 1.29 is 0 Å². The highest BCUT2D eigenvalue weighted by atomic mass is 32.1. The summed E-state index contributed by atoms with van der Waals surface area (Å²) in [7, 11) is 0. The van der Waals surface area contributed by atoms with Crippen LogP contribution in [0.2, 0.25) is 0 Å². The number of nitrogens with two attached hydrogens (primary N) is 1. The second-order valence-electron chi connectivity index (χ2n) is 4.24. The van der Waals surface area contributed by atoms with Crippen molar-refractivity contribution in [2.45, 2.75) is 32.2 Å². The van der Waals surface area contributed by atoms with E-state index in [-0.39, 0.29) is 0 Å². The fourth-order valence-corrected chi connectivity index (χ4v) is 3.09. The van der Waals surface area contributed by atoms with Crippen LogP contribution >= 0.6 is 11.3 Å². The molecular weight excluding hydrogens is 206 g/mol. The number of aromatic nitrogens is 1. The van der Waals surface area contributed by atoms with Gasteiger partial charge in [-0.05, 0) is 32.2 Å². The lowest BCUT2D eigenvalue weighted by atomic mass is 9.96. The van der Waals surface area contributed by atoms with Crippen LogP contribution in [0.3, 0.4) is 0 Å². The number of nitrogens with zero attached hydrogens (tertiary/aromatic N) is 2. The average molecular weight is 225 g/mol. The van der Waals surface area contributed by atoms with Gasteiger partial charge in [-0.25, -0.2) is 4.98 Å². The zero-order chi connectivity index (χ0) is 10.7. The molecule has 1 aromatic heterocycles. The Morgan fingerprint density at radius 2 is 2.47 bits per heavy atom. The standard InChI is InChI=1S/C11H19N3S/c1-9-10(8-12)4-2-3-6-14(9)11-13-5-7-15-11/h5,7,9-10H,2-4,6,8,12H2,1H3/t9-,10-/m1/s1. The quantitative estimate of drug-likeness (QED) is 0.838. The minimum atomic E-state index is 0.531. The first-order chi connectivity index (χ1) is 7.33. The molecule has 2 N–H and O–H groups in total. The van der Waals surface area contributed by atoms with Gasteiger partial charge >= 0.3 is 0 Å². The molecule has 1 aliphatic heterocycles. The SMILES string of the molecule is C[C@@H]1[C@@H](CN)CCCCN1c1nccs1. The number of rotatable bonds is 2. The molecule has 0 aliphatic carbocycles. The molecule has 0 bridgehead atoms. The fraction of sp³-hybridized carbons (Fsp3) is 0.727. The lowest BCUT2D eigenvalue weighted by Crippen LogP contribution is -2.40. The molecule has 1 fully saturated rings. The lowest BCUT2D eigenvalue weighted by Gasteiger charge is -2.31. The van der Waals surface area contributed by atoms with Gasteiger partial charge < -0.3 is 10.6 Å². The Labute approximate surface area is 95.3 Å². The Bertz CT molecular complexity index is 286. The molecule has 0 spiro atoms. The van der Waals surface area contributed by atoms with E-state index < -0.39 is 0 Å². The summed E-state index contributed by atoms with van der Waals surface area (Å²) in [5.41, 5.74) is 5.84. The Kier molecular flexibility index (Phi) is 3.59. The van der Waals surface area contributed by atoms with Gasteiger partial charge in [0.15, 0.2) is 5.13 Å². The van der Waals surface area contributed by atoms with Gasteiger partial charge in [-0.3, -0.25) is 0 Å². The highest BCUT2D eigenvalue weighted by Gasteiger charge is 2.26. The third kappa shape index (κ3) is 2.32. The lowest BCUT2D eigenvalue weighted by molar-refractivity contribution is 0.423. The highest BCUT2D eigenvalue weighted by molar-refractivity contribution is 7.13. The van der Waals surface area contributed by atoms with Gasteiger partial charge in [0.25, 0.3) is 0 Å². The Morgan fingerprint density at radius 1 is 1.60 bits per heavy atom. The first-order valence-corrected chi connectivity index (χ1v) is 6.57. The predicted molar refractivity (Wildman–Crippen MR) is 65.3 cm³/mol. The third-order valence-corrected chi connectivity index (χ3v) is 4.17. The van der Waals surface area contributed by atoms with E-state index >= 15 is 0 Å². The van der Waals surface area contributed by atoms with Crippen LogP contribution in [0.1, 0.15) is 26.2 Å². The summed E-state index contributed by atoms with van der Waals surface area (Å²) in [6.07, 6.45) is 5.71. The third-order valence-electron chi connectivity index (χ3n) is 3.37. The second-order valence-corrected chi connectivity index (χ2v) is 5.11. The minimum Gasteiger partial charge on any atom is -0.345 e. The number of anilines is 1. The zero-order valence-corrected chi connectivity index (χ0v) is 10.0. The molecule has 4 heteroatoms. The number of hydrogen-bond donors (Lipinski definition) is 1. The highest BCUT2D eigenvalue weighted by Crippen LogP contribution is 2.28. The van der Waals surface area contributed by atoms with Gasteiger partial charge in [0.05, 0.1) is 0 Å². The van der Waals surface area contributed by atoms with E-state index in [1.807, 2.05) is 11.6 Å². The van der Waals surface area contributed by atoms with E-state index in [1.54, 1.807) is 11.3 Å². The molecule has 0 unspecified atom stereocenters. The monoisotopic (exact) mass is 225 g/mol. The summed E-state index contributed by atoms with van der Waals surface area (Å²) in [6.45, 7) is 4.21. The molecule has 1 aromatic rings. The largest absolute Gasteiger partial charge is 0.345 e. The van der Waals surface area contributed by atoms with Crippen molar-refractivity contribution in [1.82, 2.24) is 4.98 Å². The van der Waals surface area contributed by atoms with E-state index in [2.05, 4.69) is 16.8 Å². The molecule has 3 nitrogen and oxygen atoms in total. The van der Waals surface area contributed by atoms with Crippen LogP contribution in [-0.4, -0.2) is 24.1 Å². The van der Waals surface area contributed by atoms with E-state index in [1.165, 1.54) is 19.3 Å². The molecule has 0 saturated carbocycles. The topological polar surface area (TPSA) is 42.1 Å². The van der Waals surface area contributed by atoms with Crippen LogP contribution in [0.4, 0.5) is 5.13 Å². The van der Waals surface area contributed by atoms with Gasteiger partial charge in [-0.2, -0.15) is 0 Å². The van der Waals surface area contributed by atoms with Crippen molar-refractivity contribution >= 4 is 16.5 Å². The van der Waals surface area contributed by atoms with Gasteiger partial charge in [0, 0.05) is 24.2 Å². The van der Waals surface area contributed by atoms with Crippen LogP contribution in [0.25, 0.3) is 0 Å². The van der Waals surface area contributed by atoms with E-state index in [0.29, 0.717) is 12.0 Å². The Balaban J connectivity index is 2.15. The first-order valence-electron chi connectivity index (χ1n) is 5.69. The molecule has 2 rings (SSSR count). The predicted octanol–water partition coefficient (Wildman–Crippen LogP) is 2.10. The summed E-state index contributed by atoms with van der Waals surface area (Å²) < 4.78 is 0. The van der Waals surface area contributed by atoms with E-state index in [4.69, 9.17) is 5.73 Å². The van der Waals surface area contributed by atoms with Crippen molar-refractivity contribution in [3.8, 4) is 0 Å². The van der Waals surface area contributed by atoms with Gasteiger partial charge in [0.1, 0.15) is 0 Å². The molecule has 1 saturated heterocycles. The Hall–Kier alpha value is -0.610. The Morgan fingerprint density at radius 3 is 3.13 bits per heavy atom. The smallest absolute Gasteiger partial charge is 0.185 e. The van der Waals surface area contributed by atoms with Crippen molar-refractivity contribution in [1.29, 1.82) is 0 Å². The van der Waals surface area contributed by atoms with Crippen LogP contribution < -0.4 is 10.6 Å². The summed E-state index contributed by atoms with van der Waals surface area (Å²) in [4.78, 5) is 6.83. The molecule has 84 valence electrons. The second kappa shape index (κ2) is 4.94. The normalized spacial score (nSPS) is 27.7. The van der Waals surface area contributed by atoms with Crippen LogP contribution in [-0.2, 0) is 0 Å². The van der Waals surface area contributed by atoms with Crippen LogP contribution in [0.5, 0.6) is 0 Å². The van der Waals surface area contributed by atoms with Crippen molar-refractivity contribution in [3.63, 3.8) is 0 Å². The molecule has 2 atom stereocenters. The molecule has 2 heterocycles. The summed E-state index contributed by atoms with van der Waals surface area (Å²) in [6, 6.07) is 0.531. The molecular formula is C11H19N3S. The summed E-state index contributed by atoms with van der Waals surface area (Å²) in [5, 5.41) is 3.20. The summed E-state index contributed by atoms with van der Waals surface area (Å²) >= 11 is 1.73. The maximum Gasteiger partial charge on any atom is 0.185 e. The van der Waals surface area contributed by atoms with Gasteiger partial charge in [0.2, 0.25) is 0 Å². The zero-order valence-electron chi connectivity index (χ0n) is 9.22. The molecule has 1 aliphatic rings. The molecule has 0 aromatic carbocycles. The van der Waals surface area contributed by atoms with Crippen molar-refractivity contribution in [3.05, 3.63) is 11.6 Å². The van der Waals surface area contributed by atoms with E-state index in [0.717, 1.165) is 18.2 Å². The minimum absolute atomic E-state index is 0.531. The summed E-state index contributed by atoms with van der Waals surface area (Å²) in [5.74, 6) is 0.622. The van der Waals surface area contributed by atoms with E-state index in [9.17, 15) is 0 Å². The maximum atomic E-state index is 5.84. The van der Waals surface area contributed by atoms with Crippen molar-refractivity contribution in [2.24, 2.45) is 11.7 Å². The van der Waals surface area contributed by atoms with Crippen LogP contribution in [0.15, 0.2) is 11.6 Å². The average Bonchev–Trinajstić information content (AvgIpc) is 2.70. The van der Waals surface area contributed by atoms with Gasteiger partial charge in [-0.1, -0.05) is 6.42 Å². The van der Waals surface area contributed by atoms with Gasteiger partial charge in [-0.15, -0.1) is 11.3 Å². The van der Waals surface area contributed by atoms with Crippen LogP contribution in [0, 0.1) is 5.92 Å². The molecule has 15 heavy (non-hydrogen) atoms. The first kappa shape index (κ1) is 10.9. The fourth-order valence-electron chi connectivity index (χ4n) is 2.33. The number of thiazole rings is 1. The van der Waals surface area contributed by atoms with Crippen molar-refractivity contribution in [2.75, 3.05) is 18.0 Å². The molecule has 0 radical (unpaired) electrons. The maximum absolute atomic E-state index is 5.84.